The number of nitrogens with zero attached hydrogens (tertiary/aromatic N) is 5. The van der Waals surface area contributed by atoms with Gasteiger partial charge < -0.3 is 5.73 Å². The molecule has 0 saturated carbocycles. The van der Waals surface area contributed by atoms with Gasteiger partial charge in [-0.3, -0.25) is 9.88 Å². The van der Waals surface area contributed by atoms with Gasteiger partial charge in [0, 0.05) is 37.3 Å². The molecular formula is C19H18N6. The first-order valence-corrected chi connectivity index (χ1v) is 8.18. The number of nitriles is 3. The van der Waals surface area contributed by atoms with Crippen molar-refractivity contribution >= 4 is 0 Å². The summed E-state index contributed by atoms with van der Waals surface area (Å²) in [5.74, 6) is -0.416. The maximum Gasteiger partial charge on any atom is 0.204 e. The largest absolute Gasteiger partial charge is 0.399 e. The SMILES string of the molecule is CCN1CC=C2C(C1)C(c1ccncc1)C(C#N)=C(N)C2(C#N)C#N. The molecule has 1 aromatic heterocycles. The molecule has 0 spiro atoms. The summed E-state index contributed by atoms with van der Waals surface area (Å²) in [4.78, 5) is 6.28. The summed E-state index contributed by atoms with van der Waals surface area (Å²) < 4.78 is 0. The van der Waals surface area contributed by atoms with E-state index >= 15 is 0 Å². The minimum absolute atomic E-state index is 0.0641. The molecule has 0 amide bonds. The highest BCUT2D eigenvalue weighted by Crippen LogP contribution is 2.52. The zero-order valence-electron chi connectivity index (χ0n) is 14.0. The second-order valence-corrected chi connectivity index (χ2v) is 6.29. The number of nitrogens with two attached hydrogens (primary N) is 1. The molecule has 6 heteroatoms. The summed E-state index contributed by atoms with van der Waals surface area (Å²) in [6.45, 7) is 4.28. The van der Waals surface area contributed by atoms with Crippen LogP contribution in [0.15, 0.2) is 47.4 Å². The number of hydrogen-bond donors (Lipinski definition) is 1. The Morgan fingerprint density at radius 2 is 1.96 bits per heavy atom. The Balaban J connectivity index is 2.29. The zero-order chi connectivity index (χ0) is 18.0. The minimum Gasteiger partial charge on any atom is -0.399 e. The van der Waals surface area contributed by atoms with Crippen molar-refractivity contribution in [2.75, 3.05) is 19.6 Å². The van der Waals surface area contributed by atoms with Crippen molar-refractivity contribution < 1.29 is 0 Å². The average Bonchev–Trinajstić information content (AvgIpc) is 2.68. The summed E-state index contributed by atoms with van der Waals surface area (Å²) in [5.41, 5.74) is 6.70. The van der Waals surface area contributed by atoms with Gasteiger partial charge in [0.25, 0.3) is 0 Å². The lowest BCUT2D eigenvalue weighted by Gasteiger charge is -2.44. The molecule has 2 heterocycles. The second kappa shape index (κ2) is 6.40. The maximum atomic E-state index is 9.78. The van der Waals surface area contributed by atoms with Gasteiger partial charge in [0.2, 0.25) is 5.41 Å². The predicted octanol–water partition coefficient (Wildman–Crippen LogP) is 1.83. The van der Waals surface area contributed by atoms with Gasteiger partial charge in [-0.15, -0.1) is 0 Å². The van der Waals surface area contributed by atoms with E-state index in [-0.39, 0.29) is 17.5 Å². The quantitative estimate of drug-likeness (QED) is 0.827. The second-order valence-electron chi connectivity index (χ2n) is 6.29. The van der Waals surface area contributed by atoms with Crippen molar-refractivity contribution in [3.8, 4) is 18.2 Å². The van der Waals surface area contributed by atoms with Crippen LogP contribution < -0.4 is 5.73 Å². The Kier molecular flexibility index (Phi) is 4.28. The molecule has 2 unspecified atom stereocenters. The highest BCUT2D eigenvalue weighted by atomic mass is 15.1. The third kappa shape index (κ3) is 2.38. The number of allylic oxidation sites excluding steroid dienone is 2. The third-order valence-corrected chi connectivity index (χ3v) is 5.23. The van der Waals surface area contributed by atoms with Gasteiger partial charge in [-0.1, -0.05) is 13.0 Å². The molecule has 0 aromatic carbocycles. The van der Waals surface area contributed by atoms with Crippen molar-refractivity contribution in [2.24, 2.45) is 17.1 Å². The standard InChI is InChI=1S/C19H18N6/c1-2-25-8-5-16-15(10-25)17(13-3-6-24-7-4-13)14(9-20)18(23)19(16,11-21)12-22/h3-7,15,17H,2,8,10,23H2,1H3. The summed E-state index contributed by atoms with van der Waals surface area (Å²) in [6.07, 6.45) is 5.31. The van der Waals surface area contributed by atoms with E-state index in [9.17, 15) is 15.8 Å². The molecule has 1 aromatic rings. The molecule has 0 radical (unpaired) electrons. The van der Waals surface area contributed by atoms with E-state index in [2.05, 4.69) is 35.0 Å². The molecule has 0 fully saturated rings. The van der Waals surface area contributed by atoms with Crippen LogP contribution in [0.5, 0.6) is 0 Å². The monoisotopic (exact) mass is 330 g/mol. The first kappa shape index (κ1) is 16.7. The predicted molar refractivity (Wildman–Crippen MR) is 91.2 cm³/mol. The Hall–Kier alpha value is -3.14. The summed E-state index contributed by atoms with van der Waals surface area (Å²) in [7, 11) is 0. The molecule has 2 aliphatic rings. The summed E-state index contributed by atoms with van der Waals surface area (Å²) >= 11 is 0. The highest BCUT2D eigenvalue weighted by molar-refractivity contribution is 5.58. The average molecular weight is 330 g/mol. The smallest absolute Gasteiger partial charge is 0.204 e. The molecule has 1 aliphatic carbocycles. The fourth-order valence-corrected chi connectivity index (χ4v) is 3.90. The van der Waals surface area contributed by atoms with Crippen LogP contribution in [0.1, 0.15) is 18.4 Å². The Labute approximate surface area is 147 Å². The number of likely N-dealkylation sites (N-methyl/N-ethyl adjacent to an activating group) is 1. The van der Waals surface area contributed by atoms with Crippen LogP contribution >= 0.6 is 0 Å². The number of fused-ring (bicyclic) bond motifs is 1. The van der Waals surface area contributed by atoms with Gasteiger partial charge >= 0.3 is 0 Å². The molecule has 0 saturated heterocycles. The van der Waals surface area contributed by atoms with Crippen LogP contribution in [0.3, 0.4) is 0 Å². The van der Waals surface area contributed by atoms with E-state index in [4.69, 9.17) is 5.73 Å². The van der Waals surface area contributed by atoms with E-state index in [1.54, 1.807) is 12.4 Å². The molecule has 124 valence electrons. The normalized spacial score (nSPS) is 25.1. The Bertz CT molecular complexity index is 848. The topological polar surface area (TPSA) is 114 Å². The van der Waals surface area contributed by atoms with E-state index in [0.717, 1.165) is 17.7 Å². The molecule has 1 aliphatic heterocycles. The number of pyridine rings is 1. The van der Waals surface area contributed by atoms with E-state index in [1.165, 1.54) is 0 Å². The minimum atomic E-state index is -1.56. The fourth-order valence-electron chi connectivity index (χ4n) is 3.90. The number of hydrogen-bond acceptors (Lipinski definition) is 6. The van der Waals surface area contributed by atoms with E-state index in [0.29, 0.717) is 18.7 Å². The first-order chi connectivity index (χ1) is 12.1. The fraction of sp³-hybridized carbons (Fsp3) is 0.368. The number of aromatic nitrogens is 1. The van der Waals surface area contributed by atoms with Crippen LogP contribution in [0.4, 0.5) is 0 Å². The van der Waals surface area contributed by atoms with E-state index in [1.807, 2.05) is 18.2 Å². The highest BCUT2D eigenvalue weighted by Gasteiger charge is 2.52. The van der Waals surface area contributed by atoms with Gasteiger partial charge in [-0.2, -0.15) is 15.8 Å². The van der Waals surface area contributed by atoms with Gasteiger partial charge in [-0.25, -0.2) is 0 Å². The Morgan fingerprint density at radius 3 is 2.52 bits per heavy atom. The third-order valence-electron chi connectivity index (χ3n) is 5.23. The molecule has 6 nitrogen and oxygen atoms in total. The molecule has 2 atom stereocenters. The van der Waals surface area contributed by atoms with Crippen molar-refractivity contribution in [1.82, 2.24) is 9.88 Å². The lowest BCUT2D eigenvalue weighted by molar-refractivity contribution is 0.234. The van der Waals surface area contributed by atoms with Gasteiger partial charge in [0.1, 0.15) is 0 Å². The van der Waals surface area contributed by atoms with Crippen LogP contribution in [-0.4, -0.2) is 29.5 Å². The van der Waals surface area contributed by atoms with Crippen LogP contribution in [0.25, 0.3) is 0 Å². The maximum absolute atomic E-state index is 9.78. The molecule has 25 heavy (non-hydrogen) atoms. The molecule has 3 rings (SSSR count). The van der Waals surface area contributed by atoms with Crippen molar-refractivity contribution in [3.05, 3.63) is 53.0 Å². The van der Waals surface area contributed by atoms with Crippen molar-refractivity contribution in [1.29, 1.82) is 15.8 Å². The van der Waals surface area contributed by atoms with Crippen LogP contribution in [0, 0.1) is 45.3 Å². The van der Waals surface area contributed by atoms with Gasteiger partial charge in [0.05, 0.1) is 29.5 Å². The van der Waals surface area contributed by atoms with Crippen LogP contribution in [0.2, 0.25) is 0 Å². The molecular weight excluding hydrogens is 312 g/mol. The van der Waals surface area contributed by atoms with Gasteiger partial charge in [-0.05, 0) is 29.8 Å². The molecule has 2 N–H and O–H groups in total. The first-order valence-electron chi connectivity index (χ1n) is 8.18. The lowest BCUT2D eigenvalue weighted by Crippen LogP contribution is -2.47. The molecule has 0 bridgehead atoms. The van der Waals surface area contributed by atoms with Crippen molar-refractivity contribution in [3.63, 3.8) is 0 Å². The number of rotatable bonds is 2. The van der Waals surface area contributed by atoms with Crippen LogP contribution in [-0.2, 0) is 0 Å². The Morgan fingerprint density at radius 1 is 1.28 bits per heavy atom. The zero-order valence-corrected chi connectivity index (χ0v) is 14.0. The summed E-state index contributed by atoms with van der Waals surface area (Å²) in [6, 6.07) is 10.1. The lowest BCUT2D eigenvalue weighted by atomic mass is 9.60. The van der Waals surface area contributed by atoms with E-state index < -0.39 is 5.41 Å². The van der Waals surface area contributed by atoms with Crippen molar-refractivity contribution in [2.45, 2.75) is 12.8 Å². The van der Waals surface area contributed by atoms with Gasteiger partial charge in [0.15, 0.2) is 0 Å². The summed E-state index contributed by atoms with van der Waals surface area (Å²) in [5, 5.41) is 29.3.